The SMILES string of the molecule is Cc1cc(C)cc(-c2c3c(=O)n(C)c(=O)n(C)c3cn2CCN)c1. The van der Waals surface area contributed by atoms with E-state index in [2.05, 4.69) is 18.2 Å². The topological polar surface area (TPSA) is 75.0 Å². The van der Waals surface area contributed by atoms with Crippen molar-refractivity contribution in [2.75, 3.05) is 6.54 Å². The van der Waals surface area contributed by atoms with Crippen molar-refractivity contribution in [3.05, 3.63) is 56.4 Å². The standard InChI is InChI=1S/C18H22N4O2/c1-11-7-12(2)9-13(8-11)16-15-14(10-22(16)6-5-19)20(3)18(24)21(4)17(15)23/h7-10H,5-6,19H2,1-4H3. The highest BCUT2D eigenvalue weighted by Crippen LogP contribution is 2.29. The quantitative estimate of drug-likeness (QED) is 0.788. The summed E-state index contributed by atoms with van der Waals surface area (Å²) >= 11 is 0. The molecule has 0 fully saturated rings. The van der Waals surface area contributed by atoms with Crippen LogP contribution in [-0.4, -0.2) is 20.2 Å². The number of hydrogen-bond acceptors (Lipinski definition) is 3. The lowest BCUT2D eigenvalue weighted by atomic mass is 10.0. The molecule has 0 atom stereocenters. The van der Waals surface area contributed by atoms with Crippen LogP contribution in [0.25, 0.3) is 22.2 Å². The van der Waals surface area contributed by atoms with Gasteiger partial charge in [-0.05, 0) is 31.5 Å². The minimum absolute atomic E-state index is 0.280. The number of benzene rings is 1. The largest absolute Gasteiger partial charge is 0.343 e. The summed E-state index contributed by atoms with van der Waals surface area (Å²) in [5.74, 6) is 0. The second kappa shape index (κ2) is 5.79. The van der Waals surface area contributed by atoms with Gasteiger partial charge < -0.3 is 10.3 Å². The molecule has 0 saturated carbocycles. The molecule has 0 amide bonds. The Labute approximate surface area is 139 Å². The van der Waals surface area contributed by atoms with Gasteiger partial charge in [-0.1, -0.05) is 17.2 Å². The summed E-state index contributed by atoms with van der Waals surface area (Å²) in [7, 11) is 3.19. The summed E-state index contributed by atoms with van der Waals surface area (Å²) in [6.07, 6.45) is 1.85. The lowest BCUT2D eigenvalue weighted by molar-refractivity contribution is 0.710. The lowest BCUT2D eigenvalue weighted by Gasteiger charge is -2.10. The Morgan fingerprint density at radius 2 is 1.62 bits per heavy atom. The molecule has 3 rings (SSSR count). The fourth-order valence-electron chi connectivity index (χ4n) is 3.33. The van der Waals surface area contributed by atoms with Crippen molar-refractivity contribution in [1.82, 2.24) is 13.7 Å². The molecule has 3 aromatic rings. The molecular weight excluding hydrogens is 304 g/mol. The number of rotatable bonds is 3. The first-order valence-corrected chi connectivity index (χ1v) is 7.92. The Morgan fingerprint density at radius 1 is 1.00 bits per heavy atom. The predicted molar refractivity (Wildman–Crippen MR) is 96.4 cm³/mol. The minimum atomic E-state index is -0.329. The summed E-state index contributed by atoms with van der Waals surface area (Å²) < 4.78 is 4.64. The molecule has 6 heteroatoms. The average Bonchev–Trinajstić information content (AvgIpc) is 2.90. The van der Waals surface area contributed by atoms with Gasteiger partial charge in [0.05, 0.1) is 16.6 Å². The Hall–Kier alpha value is -2.60. The first-order valence-electron chi connectivity index (χ1n) is 7.92. The number of nitrogens with two attached hydrogens (primary N) is 1. The summed E-state index contributed by atoms with van der Waals surface area (Å²) in [5, 5.41) is 0.554. The van der Waals surface area contributed by atoms with Gasteiger partial charge in [0, 0.05) is 33.4 Å². The Bertz CT molecular complexity index is 1030. The van der Waals surface area contributed by atoms with E-state index >= 15 is 0 Å². The van der Waals surface area contributed by atoms with E-state index < -0.39 is 0 Å². The van der Waals surface area contributed by atoms with Gasteiger partial charge in [-0.15, -0.1) is 0 Å². The monoisotopic (exact) mass is 326 g/mol. The van der Waals surface area contributed by atoms with Gasteiger partial charge in [-0.25, -0.2) is 4.79 Å². The van der Waals surface area contributed by atoms with E-state index in [-0.39, 0.29) is 11.2 Å². The Balaban J connectivity index is 2.51. The van der Waals surface area contributed by atoms with Gasteiger partial charge in [-0.2, -0.15) is 0 Å². The van der Waals surface area contributed by atoms with Crippen LogP contribution in [0.3, 0.4) is 0 Å². The molecule has 0 radical (unpaired) electrons. The smallest absolute Gasteiger partial charge is 0.330 e. The highest BCUT2D eigenvalue weighted by atomic mass is 16.2. The van der Waals surface area contributed by atoms with Crippen LogP contribution in [0.15, 0.2) is 34.0 Å². The third-order valence-electron chi connectivity index (χ3n) is 4.38. The molecule has 126 valence electrons. The first-order chi connectivity index (χ1) is 11.3. The predicted octanol–water partition coefficient (Wildman–Crippen LogP) is 1.28. The summed E-state index contributed by atoms with van der Waals surface area (Å²) in [6.45, 7) is 5.09. The zero-order valence-electron chi connectivity index (χ0n) is 14.5. The Kier molecular flexibility index (Phi) is 3.93. The van der Waals surface area contributed by atoms with Crippen LogP contribution in [-0.2, 0) is 20.6 Å². The van der Waals surface area contributed by atoms with Crippen LogP contribution in [0.2, 0.25) is 0 Å². The summed E-state index contributed by atoms with van der Waals surface area (Å²) in [4.78, 5) is 25.0. The van der Waals surface area contributed by atoms with E-state index in [1.165, 1.54) is 11.6 Å². The number of aromatic nitrogens is 3. The third-order valence-corrected chi connectivity index (χ3v) is 4.38. The van der Waals surface area contributed by atoms with Crippen LogP contribution in [0.1, 0.15) is 11.1 Å². The molecule has 0 unspecified atom stereocenters. The van der Waals surface area contributed by atoms with Gasteiger partial charge in [-0.3, -0.25) is 13.9 Å². The van der Waals surface area contributed by atoms with Crippen molar-refractivity contribution in [2.45, 2.75) is 20.4 Å². The fourth-order valence-corrected chi connectivity index (χ4v) is 3.33. The molecule has 0 aliphatic heterocycles. The summed E-state index contributed by atoms with van der Waals surface area (Å²) in [6, 6.07) is 6.20. The molecule has 0 saturated heterocycles. The minimum Gasteiger partial charge on any atom is -0.343 e. The maximum Gasteiger partial charge on any atom is 0.330 e. The molecule has 6 nitrogen and oxygen atoms in total. The van der Waals surface area contributed by atoms with Gasteiger partial charge in [0.15, 0.2) is 0 Å². The van der Waals surface area contributed by atoms with Crippen LogP contribution in [0.5, 0.6) is 0 Å². The van der Waals surface area contributed by atoms with E-state index in [4.69, 9.17) is 5.73 Å². The average molecular weight is 326 g/mol. The molecule has 0 spiro atoms. The van der Waals surface area contributed by atoms with Crippen LogP contribution in [0.4, 0.5) is 0 Å². The second-order valence-electron chi connectivity index (χ2n) is 6.30. The fraction of sp³-hybridized carbons (Fsp3) is 0.333. The number of hydrogen-bond donors (Lipinski definition) is 1. The molecule has 2 heterocycles. The molecular formula is C18H22N4O2. The Morgan fingerprint density at radius 3 is 2.21 bits per heavy atom. The van der Waals surface area contributed by atoms with Crippen molar-refractivity contribution in [2.24, 2.45) is 19.8 Å². The second-order valence-corrected chi connectivity index (χ2v) is 6.30. The highest BCUT2D eigenvalue weighted by molar-refractivity contribution is 5.93. The molecule has 2 aromatic heterocycles. The van der Waals surface area contributed by atoms with Crippen LogP contribution in [0, 0.1) is 13.8 Å². The van der Waals surface area contributed by atoms with Gasteiger partial charge in [0.25, 0.3) is 5.56 Å². The van der Waals surface area contributed by atoms with E-state index in [1.807, 2.05) is 24.6 Å². The van der Waals surface area contributed by atoms with Crippen molar-refractivity contribution in [1.29, 1.82) is 0 Å². The van der Waals surface area contributed by atoms with Crippen molar-refractivity contribution in [3.63, 3.8) is 0 Å². The van der Waals surface area contributed by atoms with E-state index in [0.29, 0.717) is 24.0 Å². The maximum absolute atomic E-state index is 12.8. The van der Waals surface area contributed by atoms with Gasteiger partial charge in [0.2, 0.25) is 0 Å². The molecule has 0 bridgehead atoms. The number of nitrogens with zero attached hydrogens (tertiary/aromatic N) is 3. The zero-order chi connectivity index (χ0) is 17.6. The van der Waals surface area contributed by atoms with Crippen molar-refractivity contribution >= 4 is 10.9 Å². The normalized spacial score (nSPS) is 11.4. The van der Waals surface area contributed by atoms with Crippen LogP contribution >= 0.6 is 0 Å². The molecule has 0 aliphatic rings. The number of aryl methyl sites for hydroxylation is 3. The third kappa shape index (κ3) is 2.39. The van der Waals surface area contributed by atoms with E-state index in [1.54, 1.807) is 7.05 Å². The number of fused-ring (bicyclic) bond motifs is 1. The molecule has 2 N–H and O–H groups in total. The van der Waals surface area contributed by atoms with E-state index in [9.17, 15) is 9.59 Å². The van der Waals surface area contributed by atoms with Crippen molar-refractivity contribution in [3.8, 4) is 11.3 Å². The molecule has 24 heavy (non-hydrogen) atoms. The van der Waals surface area contributed by atoms with E-state index in [0.717, 1.165) is 27.0 Å². The first kappa shape index (κ1) is 16.3. The molecule has 1 aromatic carbocycles. The zero-order valence-corrected chi connectivity index (χ0v) is 14.5. The van der Waals surface area contributed by atoms with Gasteiger partial charge in [0.1, 0.15) is 0 Å². The molecule has 0 aliphatic carbocycles. The van der Waals surface area contributed by atoms with Gasteiger partial charge >= 0.3 is 5.69 Å². The lowest BCUT2D eigenvalue weighted by Crippen LogP contribution is -2.36. The van der Waals surface area contributed by atoms with Crippen LogP contribution < -0.4 is 17.0 Å². The van der Waals surface area contributed by atoms with Crippen molar-refractivity contribution < 1.29 is 0 Å². The highest BCUT2D eigenvalue weighted by Gasteiger charge is 2.19. The summed E-state index contributed by atoms with van der Waals surface area (Å²) in [5.41, 5.74) is 9.81. The maximum atomic E-state index is 12.8.